The maximum Gasteiger partial charge on any atom is 0.416 e. The lowest BCUT2D eigenvalue weighted by Crippen LogP contribution is -2.21. The van der Waals surface area contributed by atoms with Crippen LogP contribution in [0.5, 0.6) is 0 Å². The molecule has 1 unspecified atom stereocenters. The van der Waals surface area contributed by atoms with Gasteiger partial charge in [0.25, 0.3) is 0 Å². The van der Waals surface area contributed by atoms with E-state index in [4.69, 9.17) is 0 Å². The number of allylic oxidation sites excluding steroid dienone is 1. The third-order valence-corrected chi connectivity index (χ3v) is 5.85. The minimum absolute atomic E-state index is 0.00318. The molecule has 0 radical (unpaired) electrons. The van der Waals surface area contributed by atoms with E-state index >= 15 is 0 Å². The second kappa shape index (κ2) is 7.90. The summed E-state index contributed by atoms with van der Waals surface area (Å²) >= 11 is 1.66. The van der Waals surface area contributed by atoms with Crippen LogP contribution in [0.3, 0.4) is 0 Å². The maximum atomic E-state index is 12.7. The van der Waals surface area contributed by atoms with Crippen LogP contribution in [0, 0.1) is 0 Å². The average Bonchev–Trinajstić information content (AvgIpc) is 3.29. The van der Waals surface area contributed by atoms with E-state index in [1.54, 1.807) is 22.6 Å². The third kappa shape index (κ3) is 4.45. The van der Waals surface area contributed by atoms with Crippen molar-refractivity contribution in [3.63, 3.8) is 0 Å². The minimum Gasteiger partial charge on any atom is -0.353 e. The molecule has 0 aliphatic carbocycles. The molecule has 0 bridgehead atoms. The summed E-state index contributed by atoms with van der Waals surface area (Å²) in [5.41, 5.74) is 3.12. The van der Waals surface area contributed by atoms with Crippen molar-refractivity contribution >= 4 is 11.8 Å². The van der Waals surface area contributed by atoms with Gasteiger partial charge in [-0.1, -0.05) is 23.4 Å². The first-order valence-corrected chi connectivity index (χ1v) is 9.88. The molecule has 150 valence electrons. The first kappa shape index (κ1) is 19.5. The Hall–Kier alpha value is -2.81. The molecule has 5 nitrogen and oxygen atoms in total. The Bertz CT molecular complexity index is 999. The van der Waals surface area contributed by atoms with Gasteiger partial charge in [0.1, 0.15) is 11.1 Å². The molecule has 0 amide bonds. The normalized spacial score (nSPS) is 16.9. The van der Waals surface area contributed by atoms with Crippen LogP contribution >= 0.6 is 11.8 Å². The lowest BCUT2D eigenvalue weighted by atomic mass is 10.1. The van der Waals surface area contributed by atoms with Crippen molar-refractivity contribution in [2.75, 3.05) is 0 Å². The van der Waals surface area contributed by atoms with Crippen molar-refractivity contribution in [1.29, 1.82) is 0 Å². The van der Waals surface area contributed by atoms with E-state index in [1.807, 2.05) is 24.5 Å². The molecule has 0 N–H and O–H groups in total. The molecule has 3 heterocycles. The molecule has 2 aromatic heterocycles. The summed E-state index contributed by atoms with van der Waals surface area (Å²) in [5.74, 6) is 0. The second-order valence-electron chi connectivity index (χ2n) is 6.77. The number of halogens is 3. The first-order valence-electron chi connectivity index (χ1n) is 8.94. The molecule has 0 saturated heterocycles. The minimum atomic E-state index is -4.33. The Balaban J connectivity index is 1.47. The molecule has 1 aromatic carbocycles. The van der Waals surface area contributed by atoms with Gasteiger partial charge in [-0.3, -0.25) is 4.98 Å². The molecule has 1 aliphatic rings. The Labute approximate surface area is 170 Å². The van der Waals surface area contributed by atoms with Crippen molar-refractivity contribution in [3.8, 4) is 0 Å². The van der Waals surface area contributed by atoms with Crippen LogP contribution in [0.4, 0.5) is 13.2 Å². The highest BCUT2D eigenvalue weighted by Crippen LogP contribution is 2.42. The molecular formula is C20H18F3N5S. The van der Waals surface area contributed by atoms with E-state index in [1.165, 1.54) is 12.1 Å². The molecule has 0 spiro atoms. The highest BCUT2D eigenvalue weighted by atomic mass is 32.2. The van der Waals surface area contributed by atoms with E-state index in [0.717, 1.165) is 34.7 Å². The Morgan fingerprint density at radius 1 is 1.07 bits per heavy atom. The van der Waals surface area contributed by atoms with Crippen molar-refractivity contribution in [1.82, 2.24) is 24.9 Å². The summed E-state index contributed by atoms with van der Waals surface area (Å²) < 4.78 is 39.8. The summed E-state index contributed by atoms with van der Waals surface area (Å²) in [6.45, 7) is 3.12. The van der Waals surface area contributed by atoms with E-state index in [9.17, 15) is 13.2 Å². The fourth-order valence-electron chi connectivity index (χ4n) is 3.10. The van der Waals surface area contributed by atoms with E-state index in [-0.39, 0.29) is 5.37 Å². The molecule has 0 fully saturated rings. The number of hydrogen-bond acceptors (Lipinski definition) is 5. The van der Waals surface area contributed by atoms with E-state index in [2.05, 4.69) is 32.5 Å². The predicted molar refractivity (Wildman–Crippen MR) is 104 cm³/mol. The van der Waals surface area contributed by atoms with Gasteiger partial charge in [-0.2, -0.15) is 13.2 Å². The van der Waals surface area contributed by atoms with Crippen LogP contribution in [0.1, 0.15) is 34.7 Å². The highest BCUT2D eigenvalue weighted by molar-refractivity contribution is 8.02. The topological polar surface area (TPSA) is 46.8 Å². The zero-order valence-corrected chi connectivity index (χ0v) is 16.4. The summed E-state index contributed by atoms with van der Waals surface area (Å²) in [6.07, 6.45) is 1.10. The van der Waals surface area contributed by atoms with Crippen molar-refractivity contribution in [2.45, 2.75) is 31.6 Å². The molecule has 3 aromatic rings. The SMILES string of the molecule is CC1=CSC(c2cn(Cc3ccc(C(F)(F)F)cc3)nn2)N1Cc1cccnc1. The lowest BCUT2D eigenvalue weighted by molar-refractivity contribution is -0.137. The summed E-state index contributed by atoms with van der Waals surface area (Å²) in [5, 5.41) is 10.6. The number of pyridine rings is 1. The van der Waals surface area contributed by atoms with Crippen molar-refractivity contribution in [2.24, 2.45) is 0 Å². The van der Waals surface area contributed by atoms with Gasteiger partial charge in [-0.25, -0.2) is 4.68 Å². The monoisotopic (exact) mass is 417 g/mol. The van der Waals surface area contributed by atoms with Gasteiger partial charge in [-0.05, 0) is 41.7 Å². The van der Waals surface area contributed by atoms with Crippen LogP contribution in [-0.2, 0) is 19.3 Å². The molecule has 9 heteroatoms. The van der Waals surface area contributed by atoms with Gasteiger partial charge in [0.2, 0.25) is 0 Å². The number of nitrogens with zero attached hydrogens (tertiary/aromatic N) is 5. The van der Waals surface area contributed by atoms with E-state index < -0.39 is 11.7 Å². The third-order valence-electron chi connectivity index (χ3n) is 4.61. The molecule has 0 saturated carbocycles. The van der Waals surface area contributed by atoms with Crippen LogP contribution in [-0.4, -0.2) is 24.9 Å². The summed E-state index contributed by atoms with van der Waals surface area (Å²) in [6, 6.07) is 9.05. The molecule has 1 atom stereocenters. The smallest absolute Gasteiger partial charge is 0.353 e. The number of thioether (sulfide) groups is 1. The zero-order valence-electron chi connectivity index (χ0n) is 15.5. The Morgan fingerprint density at radius 3 is 2.55 bits per heavy atom. The molecule has 1 aliphatic heterocycles. The quantitative estimate of drug-likeness (QED) is 0.594. The van der Waals surface area contributed by atoms with Crippen molar-refractivity contribution in [3.05, 3.63) is 88.5 Å². The fraction of sp³-hybridized carbons (Fsp3) is 0.250. The van der Waals surface area contributed by atoms with Gasteiger partial charge in [0.15, 0.2) is 0 Å². The number of aromatic nitrogens is 4. The molecule has 4 rings (SSSR count). The Kier molecular flexibility index (Phi) is 5.31. The lowest BCUT2D eigenvalue weighted by Gasteiger charge is -2.26. The van der Waals surface area contributed by atoms with Gasteiger partial charge >= 0.3 is 6.18 Å². The Morgan fingerprint density at radius 2 is 1.86 bits per heavy atom. The number of hydrogen-bond donors (Lipinski definition) is 0. The fourth-order valence-corrected chi connectivity index (χ4v) is 4.20. The predicted octanol–water partition coefficient (Wildman–Crippen LogP) is 4.85. The standard InChI is InChI=1S/C20H18F3N5S/c1-14-13-29-19(28(14)11-16-3-2-8-24-9-16)18-12-27(26-25-18)10-15-4-6-17(7-5-15)20(21,22)23/h2-9,12-13,19H,10-11H2,1H3. The second-order valence-corrected chi connectivity index (χ2v) is 7.73. The summed E-state index contributed by atoms with van der Waals surface area (Å²) in [4.78, 5) is 6.40. The number of rotatable bonds is 5. The zero-order chi connectivity index (χ0) is 20.4. The average molecular weight is 417 g/mol. The maximum absolute atomic E-state index is 12.7. The van der Waals surface area contributed by atoms with Gasteiger partial charge < -0.3 is 4.90 Å². The van der Waals surface area contributed by atoms with Gasteiger partial charge in [0, 0.05) is 24.6 Å². The van der Waals surface area contributed by atoms with E-state index in [0.29, 0.717) is 13.1 Å². The first-order chi connectivity index (χ1) is 13.9. The van der Waals surface area contributed by atoms with Crippen molar-refractivity contribution < 1.29 is 13.2 Å². The van der Waals surface area contributed by atoms with Crippen LogP contribution in [0.25, 0.3) is 0 Å². The number of benzene rings is 1. The van der Waals surface area contributed by atoms with Gasteiger partial charge in [0.05, 0.1) is 18.3 Å². The van der Waals surface area contributed by atoms with Crippen LogP contribution in [0.2, 0.25) is 0 Å². The molecular weight excluding hydrogens is 399 g/mol. The van der Waals surface area contributed by atoms with Crippen LogP contribution < -0.4 is 0 Å². The molecule has 29 heavy (non-hydrogen) atoms. The van der Waals surface area contributed by atoms with Crippen LogP contribution in [0.15, 0.2) is 66.1 Å². The van der Waals surface area contributed by atoms with Gasteiger partial charge in [-0.15, -0.1) is 16.9 Å². The highest BCUT2D eigenvalue weighted by Gasteiger charge is 2.30. The number of alkyl halides is 3. The summed E-state index contributed by atoms with van der Waals surface area (Å²) in [7, 11) is 0. The largest absolute Gasteiger partial charge is 0.416 e.